The average Bonchev–Trinajstić information content (AvgIpc) is 3.12. The third-order valence-corrected chi connectivity index (χ3v) is 5.19. The zero-order valence-corrected chi connectivity index (χ0v) is 14.9. The highest BCUT2D eigenvalue weighted by Crippen LogP contribution is 2.31. The van der Waals surface area contributed by atoms with Crippen LogP contribution in [0, 0.1) is 24.1 Å². The number of piperidine rings is 1. The SMILES string of the molecule is Cc1ccc(F)cc1C1CCN(C(=O)c2nnc3ccc(C#N)cn23)CC1. The second-order valence-electron chi connectivity index (χ2n) is 6.85. The van der Waals surface area contributed by atoms with E-state index in [0.717, 1.165) is 24.0 Å². The predicted octanol–water partition coefficient (Wildman–Crippen LogP) is 3.07. The van der Waals surface area contributed by atoms with Crippen LogP contribution in [0.2, 0.25) is 0 Å². The van der Waals surface area contributed by atoms with Gasteiger partial charge in [0.05, 0.1) is 5.56 Å². The van der Waals surface area contributed by atoms with Crippen molar-refractivity contribution in [1.82, 2.24) is 19.5 Å². The number of pyridine rings is 1. The molecule has 0 aliphatic carbocycles. The molecule has 1 aliphatic rings. The van der Waals surface area contributed by atoms with Crippen LogP contribution in [-0.2, 0) is 0 Å². The van der Waals surface area contributed by atoms with Crippen molar-refractivity contribution >= 4 is 11.6 Å². The van der Waals surface area contributed by atoms with E-state index in [1.54, 1.807) is 39.8 Å². The lowest BCUT2D eigenvalue weighted by atomic mass is 9.87. The number of rotatable bonds is 2. The lowest BCUT2D eigenvalue weighted by Crippen LogP contribution is -2.39. The zero-order valence-electron chi connectivity index (χ0n) is 14.9. The highest BCUT2D eigenvalue weighted by Gasteiger charge is 2.28. The van der Waals surface area contributed by atoms with Crippen LogP contribution >= 0.6 is 0 Å². The number of aromatic nitrogens is 3. The van der Waals surface area contributed by atoms with Gasteiger partial charge in [0.2, 0.25) is 5.82 Å². The quantitative estimate of drug-likeness (QED) is 0.701. The predicted molar refractivity (Wildman–Crippen MR) is 96.7 cm³/mol. The van der Waals surface area contributed by atoms with Gasteiger partial charge < -0.3 is 4.90 Å². The van der Waals surface area contributed by atoms with Crippen LogP contribution in [0.15, 0.2) is 36.5 Å². The van der Waals surface area contributed by atoms with Gasteiger partial charge in [-0.3, -0.25) is 9.20 Å². The molecule has 0 atom stereocenters. The van der Waals surface area contributed by atoms with Gasteiger partial charge in [-0.2, -0.15) is 5.26 Å². The van der Waals surface area contributed by atoms with Crippen molar-refractivity contribution in [2.24, 2.45) is 0 Å². The van der Waals surface area contributed by atoms with Crippen LogP contribution in [0.25, 0.3) is 5.65 Å². The molecule has 0 radical (unpaired) electrons. The maximum Gasteiger partial charge on any atom is 0.292 e. The lowest BCUT2D eigenvalue weighted by Gasteiger charge is -2.32. The number of fused-ring (bicyclic) bond motifs is 1. The van der Waals surface area contributed by atoms with E-state index in [2.05, 4.69) is 16.3 Å². The molecule has 27 heavy (non-hydrogen) atoms. The average molecular weight is 363 g/mol. The molecule has 1 aliphatic heterocycles. The molecule has 6 nitrogen and oxygen atoms in total. The Labute approximate surface area is 155 Å². The summed E-state index contributed by atoms with van der Waals surface area (Å²) in [5.41, 5.74) is 3.07. The number of nitrogens with zero attached hydrogens (tertiary/aromatic N) is 5. The van der Waals surface area contributed by atoms with Crippen molar-refractivity contribution in [2.45, 2.75) is 25.7 Å². The fourth-order valence-electron chi connectivity index (χ4n) is 3.69. The van der Waals surface area contributed by atoms with Crippen LogP contribution < -0.4 is 0 Å². The summed E-state index contributed by atoms with van der Waals surface area (Å²) in [6, 6.07) is 10.3. The van der Waals surface area contributed by atoms with Crippen molar-refractivity contribution in [2.75, 3.05) is 13.1 Å². The Morgan fingerprint density at radius 2 is 2.00 bits per heavy atom. The number of benzene rings is 1. The lowest BCUT2D eigenvalue weighted by molar-refractivity contribution is 0.0699. The molecule has 0 saturated carbocycles. The number of carbonyl (C=O) groups is 1. The molecule has 1 fully saturated rings. The monoisotopic (exact) mass is 363 g/mol. The molecule has 0 N–H and O–H groups in total. The van der Waals surface area contributed by atoms with Crippen molar-refractivity contribution < 1.29 is 9.18 Å². The van der Waals surface area contributed by atoms with E-state index < -0.39 is 0 Å². The Bertz CT molecular complexity index is 1060. The minimum Gasteiger partial charge on any atom is -0.336 e. The molecule has 0 spiro atoms. The summed E-state index contributed by atoms with van der Waals surface area (Å²) in [6.45, 7) is 3.14. The highest BCUT2D eigenvalue weighted by molar-refractivity contribution is 5.91. The standard InChI is InChI=1S/C20H18FN5O/c1-13-2-4-16(21)10-17(13)15-6-8-25(9-7-15)20(27)19-24-23-18-5-3-14(11-22)12-26(18)19/h2-5,10,12,15H,6-9H2,1H3. The van der Waals surface area contributed by atoms with Crippen LogP contribution in [0.4, 0.5) is 4.39 Å². The molecule has 3 heterocycles. The number of hydrogen-bond donors (Lipinski definition) is 0. The second-order valence-corrected chi connectivity index (χ2v) is 6.85. The molecule has 4 rings (SSSR count). The van der Waals surface area contributed by atoms with E-state index >= 15 is 0 Å². The number of amides is 1. The first-order chi connectivity index (χ1) is 13.1. The van der Waals surface area contributed by atoms with E-state index in [4.69, 9.17) is 5.26 Å². The minimum absolute atomic E-state index is 0.202. The Hall–Kier alpha value is -3.27. The van der Waals surface area contributed by atoms with Gasteiger partial charge in [0.15, 0.2) is 5.65 Å². The summed E-state index contributed by atoms with van der Waals surface area (Å²) in [7, 11) is 0. The maximum atomic E-state index is 13.6. The van der Waals surface area contributed by atoms with E-state index in [0.29, 0.717) is 24.3 Å². The summed E-state index contributed by atoms with van der Waals surface area (Å²) >= 11 is 0. The first-order valence-corrected chi connectivity index (χ1v) is 8.87. The fourth-order valence-corrected chi connectivity index (χ4v) is 3.69. The van der Waals surface area contributed by atoms with E-state index in [9.17, 15) is 9.18 Å². The second kappa shape index (κ2) is 6.80. The summed E-state index contributed by atoms with van der Waals surface area (Å²) in [5, 5.41) is 17.1. The van der Waals surface area contributed by atoms with Crippen molar-refractivity contribution in [3.05, 3.63) is 64.9 Å². The van der Waals surface area contributed by atoms with Gasteiger partial charge in [0, 0.05) is 19.3 Å². The third kappa shape index (κ3) is 3.14. The van der Waals surface area contributed by atoms with Crippen molar-refractivity contribution in [3.8, 4) is 6.07 Å². The zero-order chi connectivity index (χ0) is 19.0. The molecule has 1 aromatic carbocycles. The molecule has 136 valence electrons. The van der Waals surface area contributed by atoms with Gasteiger partial charge in [-0.15, -0.1) is 10.2 Å². The first-order valence-electron chi connectivity index (χ1n) is 8.87. The van der Waals surface area contributed by atoms with E-state index in [1.807, 2.05) is 6.92 Å². The van der Waals surface area contributed by atoms with Crippen LogP contribution in [-0.4, -0.2) is 38.5 Å². The molecule has 0 bridgehead atoms. The molecule has 0 unspecified atom stereocenters. The minimum atomic E-state index is -0.225. The number of carbonyl (C=O) groups excluding carboxylic acids is 1. The number of nitriles is 1. The highest BCUT2D eigenvalue weighted by atomic mass is 19.1. The molecule has 2 aromatic heterocycles. The smallest absolute Gasteiger partial charge is 0.292 e. The van der Waals surface area contributed by atoms with Gasteiger partial charge >= 0.3 is 0 Å². The van der Waals surface area contributed by atoms with Gasteiger partial charge in [-0.1, -0.05) is 6.07 Å². The number of hydrogen-bond acceptors (Lipinski definition) is 4. The summed E-state index contributed by atoms with van der Waals surface area (Å²) in [5.74, 6) is 0.0249. The number of aryl methyl sites for hydroxylation is 1. The molecule has 7 heteroatoms. The first kappa shape index (κ1) is 17.2. The van der Waals surface area contributed by atoms with Gasteiger partial charge in [-0.25, -0.2) is 4.39 Å². The molecule has 1 amide bonds. The van der Waals surface area contributed by atoms with Crippen LogP contribution in [0.5, 0.6) is 0 Å². The fraction of sp³-hybridized carbons (Fsp3) is 0.300. The third-order valence-electron chi connectivity index (χ3n) is 5.19. The summed E-state index contributed by atoms with van der Waals surface area (Å²) < 4.78 is 15.2. The van der Waals surface area contributed by atoms with E-state index in [1.165, 1.54) is 6.07 Å². The number of likely N-dealkylation sites (tertiary alicyclic amines) is 1. The van der Waals surface area contributed by atoms with Gasteiger partial charge in [-0.05, 0) is 61.1 Å². The van der Waals surface area contributed by atoms with Crippen LogP contribution in [0.1, 0.15) is 46.1 Å². The topological polar surface area (TPSA) is 74.3 Å². The number of halogens is 1. The summed E-state index contributed by atoms with van der Waals surface area (Å²) in [4.78, 5) is 14.6. The Balaban J connectivity index is 1.52. The van der Waals surface area contributed by atoms with Crippen LogP contribution in [0.3, 0.4) is 0 Å². The van der Waals surface area contributed by atoms with E-state index in [-0.39, 0.29) is 23.5 Å². The Morgan fingerprint density at radius 3 is 2.74 bits per heavy atom. The molecule has 1 saturated heterocycles. The summed E-state index contributed by atoms with van der Waals surface area (Å²) in [6.07, 6.45) is 3.12. The molecular formula is C20H18FN5O. The maximum absolute atomic E-state index is 13.6. The van der Waals surface area contributed by atoms with Crippen molar-refractivity contribution in [1.29, 1.82) is 5.26 Å². The van der Waals surface area contributed by atoms with Gasteiger partial charge in [0.25, 0.3) is 5.91 Å². The Kier molecular flexibility index (Phi) is 4.32. The van der Waals surface area contributed by atoms with Gasteiger partial charge in [0.1, 0.15) is 11.9 Å². The molecule has 3 aromatic rings. The Morgan fingerprint density at radius 1 is 1.22 bits per heavy atom. The normalized spacial score (nSPS) is 15.1. The largest absolute Gasteiger partial charge is 0.336 e. The van der Waals surface area contributed by atoms with Crippen molar-refractivity contribution in [3.63, 3.8) is 0 Å². The molecular weight excluding hydrogens is 345 g/mol.